The van der Waals surface area contributed by atoms with Crippen molar-refractivity contribution in [2.45, 2.75) is 78.7 Å². The third-order valence-electron chi connectivity index (χ3n) is 10.8. The van der Waals surface area contributed by atoms with E-state index in [0.717, 1.165) is 85.7 Å². The number of aliphatic imine (C=N–C) groups is 1. The number of piperazine rings is 1. The summed E-state index contributed by atoms with van der Waals surface area (Å²) >= 11 is 6.30. The van der Waals surface area contributed by atoms with E-state index in [4.69, 9.17) is 24.4 Å². The van der Waals surface area contributed by atoms with Crippen LogP contribution in [0.2, 0.25) is 5.02 Å². The molecular weight excluding hydrogens is 1040 g/mol. The molecule has 5 rings (SSSR count). The molecule has 0 aromatic heterocycles. The van der Waals surface area contributed by atoms with Crippen LogP contribution in [0, 0.1) is 24.8 Å². The molecule has 1 fully saturated rings. The molecule has 0 aliphatic carbocycles. The van der Waals surface area contributed by atoms with Gasteiger partial charge in [0.1, 0.15) is 0 Å². The van der Waals surface area contributed by atoms with E-state index >= 15 is 0 Å². The van der Waals surface area contributed by atoms with Gasteiger partial charge in [-0.25, -0.2) is 0 Å². The molecule has 3 radical (unpaired) electrons. The van der Waals surface area contributed by atoms with E-state index in [-0.39, 0.29) is 12.1 Å². The van der Waals surface area contributed by atoms with E-state index in [0.29, 0.717) is 23.1 Å². The fourth-order valence-electron chi connectivity index (χ4n) is 7.35. The van der Waals surface area contributed by atoms with Gasteiger partial charge in [-0.05, 0) is 102 Å². The standard InChI is InChI=1S/C31H35BClN4.C20H25N.C2H7N.C2H6.Es/c1-5-35-18-20-36(21-19-35)24(3)37(22-25-8-14-28(32)15-9-25)31(27-12-16-29(33)17-13-27)30(34-4)26-10-6-23(2)7-11-26;1-6-10-15-19(9-4)21(5)16-20-17(8-3)13-11-14-18(20)12-7-2;1-3-2;1-2;/h6-8,10-17,30-31H,3-5,18-22H2,1-2H3;6,8-9,11,13-14,19H,1,3-4,10,15-16H2,2,5H3;3H,1-2H3;1-2H3;/q-1;;;;. The Morgan fingerprint density at radius 1 is 0.953 bits per heavy atom. The zero-order valence-corrected chi connectivity index (χ0v) is 43.2. The molecule has 9 heteroatoms. The number of hydrogen-bond donors (Lipinski definition) is 1. The number of aryl methyl sites for hydroxylation is 1. The molecule has 1 N–H and O–H groups in total. The van der Waals surface area contributed by atoms with Gasteiger partial charge in [-0.2, -0.15) is 29.7 Å². The number of hydrogen-bond acceptors (Lipinski definition) is 6. The van der Waals surface area contributed by atoms with Crippen LogP contribution in [0.15, 0.2) is 134 Å². The largest absolute Gasteiger partial charge is 0.356 e. The number of likely N-dealkylation sites (N-methyl/N-ethyl adjacent to an activating group) is 2. The third kappa shape index (κ3) is 17.2. The number of nitrogens with zero attached hydrogens (tertiary/aromatic N) is 5. The molecule has 0 bridgehead atoms. The topological polar surface area (TPSA) is 37.4 Å². The summed E-state index contributed by atoms with van der Waals surface area (Å²) < 4.78 is 0. The van der Waals surface area contributed by atoms with E-state index in [1.807, 2.05) is 89.5 Å². The summed E-state index contributed by atoms with van der Waals surface area (Å²) in [5.41, 5.74) is 8.61. The fourth-order valence-corrected chi connectivity index (χ4v) is 7.47. The normalized spacial score (nSPS) is 13.2. The number of rotatable bonds is 18. The number of benzene rings is 4. The molecular formula is C55H73BClEsN6-. The first-order valence-corrected chi connectivity index (χ1v) is 22.5. The number of nitrogens with one attached hydrogen (secondary N) is 1. The predicted molar refractivity (Wildman–Crippen MR) is 277 cm³/mol. The Morgan fingerprint density at radius 3 is 2.09 bits per heavy atom. The second-order valence-corrected chi connectivity index (χ2v) is 15.6. The van der Waals surface area contributed by atoms with Gasteiger partial charge in [0.15, 0.2) is 0 Å². The Hall–Kier alpha value is -6.10. The molecule has 345 valence electrons. The van der Waals surface area contributed by atoms with Crippen LogP contribution >= 0.6 is 11.6 Å². The second kappa shape index (κ2) is 30.9. The smallest absolute Gasteiger partial charge is 0.0987 e. The van der Waals surface area contributed by atoms with Crippen molar-refractivity contribution in [3.63, 3.8) is 0 Å². The first-order chi connectivity index (χ1) is 30.5. The predicted octanol–water partition coefficient (Wildman–Crippen LogP) is 10.9. The van der Waals surface area contributed by atoms with E-state index in [9.17, 15) is 0 Å². The van der Waals surface area contributed by atoms with E-state index in [1.165, 1.54) is 11.1 Å². The quantitative estimate of drug-likeness (QED) is 0.0353. The van der Waals surface area contributed by atoms with Gasteiger partial charge in [0.25, 0.3) is 0 Å². The summed E-state index contributed by atoms with van der Waals surface area (Å²) in [5, 5.41) is 3.45. The van der Waals surface area contributed by atoms with Gasteiger partial charge in [-0.3, -0.25) is 9.89 Å². The SMILES string of the molecule is C=CCCC(C=C)N(C)Cc1c(C#CC)cccc1C=C.CC.CNC.[B]c1c[c-]c(CN(C(=C)N2CCN(CC)CC2)C(c2ccc(Cl)cc2)C(N=C)c2ccc(C)cc2)cc1.[Es]. The molecule has 1 aliphatic heterocycles. The summed E-state index contributed by atoms with van der Waals surface area (Å²) in [6.07, 6.45) is 7.89. The van der Waals surface area contributed by atoms with Crippen molar-refractivity contribution in [3.8, 4) is 11.8 Å². The Bertz CT molecular complexity index is 2030. The summed E-state index contributed by atoms with van der Waals surface area (Å²) in [6, 6.07) is 31.9. The molecule has 0 spiro atoms. The van der Waals surface area contributed by atoms with Crippen molar-refractivity contribution in [1.29, 1.82) is 0 Å². The minimum absolute atomic E-state index is 0. The maximum absolute atomic E-state index is 6.30. The van der Waals surface area contributed by atoms with Crippen molar-refractivity contribution in [3.05, 3.63) is 179 Å². The molecule has 1 saturated heterocycles. The van der Waals surface area contributed by atoms with Crippen LogP contribution in [0.3, 0.4) is 0 Å². The maximum atomic E-state index is 6.30. The Kier molecular flexibility index (Phi) is 27.0. The Balaban J connectivity index is 0.000000646. The molecule has 3 unspecified atom stereocenters. The fraction of sp³-hybridized carbons (Fsp3) is 0.364. The van der Waals surface area contributed by atoms with E-state index in [2.05, 4.69) is 145 Å². The zero-order chi connectivity index (χ0) is 46.7. The summed E-state index contributed by atoms with van der Waals surface area (Å²) in [4.78, 5) is 14.2. The first-order valence-electron chi connectivity index (χ1n) is 22.1. The van der Waals surface area contributed by atoms with Crippen LogP contribution in [0.1, 0.15) is 91.6 Å². The van der Waals surface area contributed by atoms with E-state index < -0.39 is 0 Å². The van der Waals surface area contributed by atoms with Crippen LogP contribution in [-0.4, -0.2) is 94.1 Å². The number of allylic oxidation sites excluding steroid dienone is 1. The van der Waals surface area contributed by atoms with Gasteiger partial charge in [-0.1, -0.05) is 124 Å². The average molecular weight is 1120 g/mol. The van der Waals surface area contributed by atoms with Crippen LogP contribution < -0.4 is 10.8 Å². The minimum atomic E-state index is -0.218. The Labute approximate surface area is 389 Å². The van der Waals surface area contributed by atoms with Crippen molar-refractivity contribution in [2.24, 2.45) is 4.99 Å². The van der Waals surface area contributed by atoms with Gasteiger partial charge in [0.2, 0.25) is 0 Å². The minimum Gasteiger partial charge on any atom is -0.356 e. The van der Waals surface area contributed by atoms with Gasteiger partial charge < -0.3 is 20.0 Å². The van der Waals surface area contributed by atoms with Crippen molar-refractivity contribution in [2.75, 3.05) is 53.9 Å². The van der Waals surface area contributed by atoms with E-state index in [1.54, 1.807) is 0 Å². The average Bonchev–Trinajstić information content (AvgIpc) is 3.31. The molecule has 1 aliphatic rings. The van der Waals surface area contributed by atoms with Crippen LogP contribution in [0.4, 0.5) is 0 Å². The van der Waals surface area contributed by atoms with Crippen LogP contribution in [0.5, 0.6) is 0 Å². The first kappa shape index (κ1) is 55.9. The van der Waals surface area contributed by atoms with Crippen molar-refractivity contribution >= 4 is 37.7 Å². The second-order valence-electron chi connectivity index (χ2n) is 15.2. The van der Waals surface area contributed by atoms with Gasteiger partial charge >= 0.3 is 0 Å². The van der Waals surface area contributed by atoms with Crippen LogP contribution in [-0.2, 0) is 13.1 Å². The maximum Gasteiger partial charge on any atom is 0.0987 e. The summed E-state index contributed by atoms with van der Waals surface area (Å²) in [5.74, 6) is 7.15. The molecule has 0 amide bonds. The van der Waals surface area contributed by atoms with Gasteiger partial charge in [-0.15, -0.1) is 24.6 Å². The molecule has 1 heterocycles. The molecule has 0 saturated carbocycles. The summed E-state index contributed by atoms with van der Waals surface area (Å²) in [6.45, 7) is 36.9. The monoisotopic (exact) mass is 1120 g/mol. The summed E-state index contributed by atoms with van der Waals surface area (Å²) in [7, 11) is 11.8. The molecule has 64 heavy (non-hydrogen) atoms. The Morgan fingerprint density at radius 2 is 1.58 bits per heavy atom. The third-order valence-corrected chi connectivity index (χ3v) is 11.1. The molecule has 6 nitrogen and oxygen atoms in total. The van der Waals surface area contributed by atoms with Crippen LogP contribution in [0.25, 0.3) is 6.08 Å². The van der Waals surface area contributed by atoms with Crippen molar-refractivity contribution in [1.82, 2.24) is 24.9 Å². The number of halogens is 1. The molecule has 4 aromatic carbocycles. The molecule has 3 atom stereocenters. The van der Waals surface area contributed by atoms with Gasteiger partial charge in [0, 0.05) is 63.7 Å². The van der Waals surface area contributed by atoms with Gasteiger partial charge in [0.05, 0.1) is 17.9 Å². The van der Waals surface area contributed by atoms with Crippen molar-refractivity contribution < 1.29 is 0 Å². The zero-order valence-electron chi connectivity index (χ0n) is 39.9. The molecule has 4 aromatic rings.